The van der Waals surface area contributed by atoms with E-state index in [0.717, 1.165) is 82.2 Å². The van der Waals surface area contributed by atoms with E-state index in [4.69, 9.17) is 29.0 Å². The van der Waals surface area contributed by atoms with Crippen LogP contribution in [0.3, 0.4) is 0 Å². The molecule has 252 valence electrons. The van der Waals surface area contributed by atoms with Crippen LogP contribution in [-0.4, -0.2) is 78.3 Å². The smallest absolute Gasteiger partial charge is 0.310 e. The lowest BCUT2D eigenvalue weighted by Gasteiger charge is -2.41. The summed E-state index contributed by atoms with van der Waals surface area (Å²) in [6.07, 6.45) is 4.02. The number of methoxy groups -OCH3 is 1. The lowest BCUT2D eigenvalue weighted by Crippen LogP contribution is -2.45. The number of hydrogen-bond donors (Lipinski definition) is 1. The van der Waals surface area contributed by atoms with Gasteiger partial charge in [0.2, 0.25) is 0 Å². The molecule has 7 rings (SSSR count). The van der Waals surface area contributed by atoms with Gasteiger partial charge in [0.05, 0.1) is 50.2 Å². The van der Waals surface area contributed by atoms with E-state index in [1.165, 1.54) is 7.11 Å². The van der Waals surface area contributed by atoms with Crippen LogP contribution >= 0.6 is 0 Å². The third-order valence-corrected chi connectivity index (χ3v) is 8.49. The van der Waals surface area contributed by atoms with E-state index >= 15 is 0 Å². The minimum atomic E-state index is -0.500. The van der Waals surface area contributed by atoms with Gasteiger partial charge in [0.25, 0.3) is 0 Å². The molecular weight excluding hydrogens is 594 g/mol. The van der Waals surface area contributed by atoms with Crippen LogP contribution in [0.1, 0.15) is 57.2 Å². The minimum Gasteiger partial charge on any atom is -0.491 e. The number of ether oxygens (including phenoxy) is 4. The maximum absolute atomic E-state index is 12.5. The summed E-state index contributed by atoms with van der Waals surface area (Å²) in [5, 5.41) is 8.52. The van der Waals surface area contributed by atoms with Crippen molar-refractivity contribution in [2.45, 2.75) is 72.0 Å². The topological polar surface area (TPSA) is 94.8 Å². The molecule has 4 aromatic rings. The summed E-state index contributed by atoms with van der Waals surface area (Å²) in [5.41, 5.74) is 7.21. The molecule has 0 amide bonds. The number of carbonyl (C=O) groups excluding carboxylic acids is 1. The maximum Gasteiger partial charge on any atom is 0.310 e. The number of carbonyl (C=O) groups is 1. The Labute approximate surface area is 278 Å². The molecule has 3 aliphatic rings. The molecule has 6 bridgehead atoms. The van der Waals surface area contributed by atoms with Crippen LogP contribution in [0.2, 0.25) is 0 Å². The predicted molar refractivity (Wildman–Crippen MR) is 185 cm³/mol. The average Bonchev–Trinajstić information content (AvgIpc) is 3.44. The quantitative estimate of drug-likeness (QED) is 0.194. The first-order valence-corrected chi connectivity index (χ1v) is 16.5. The first-order valence-electron chi connectivity index (χ1n) is 16.5. The highest BCUT2D eigenvalue weighted by atomic mass is 16.6. The fourth-order valence-electron chi connectivity index (χ4n) is 6.01. The fraction of sp³-hybridized carbons (Fsp3) is 0.474. The van der Waals surface area contributed by atoms with Gasteiger partial charge in [-0.05, 0) is 89.3 Å². The molecule has 0 atom stereocenters. The number of anilines is 1. The van der Waals surface area contributed by atoms with Crippen molar-refractivity contribution in [3.8, 4) is 28.1 Å². The summed E-state index contributed by atoms with van der Waals surface area (Å²) in [7, 11) is 1.44. The number of fused-ring (bicyclic) bond motifs is 8. The summed E-state index contributed by atoms with van der Waals surface area (Å²) in [6.45, 7) is 15.1. The van der Waals surface area contributed by atoms with Gasteiger partial charge in [-0.25, -0.2) is 4.98 Å². The molecule has 0 aliphatic carbocycles. The molecule has 47 heavy (non-hydrogen) atoms. The average molecular weight is 644 g/mol. The second kappa shape index (κ2) is 14.5. The lowest BCUT2D eigenvalue weighted by atomic mass is 9.92. The second-order valence-electron chi connectivity index (χ2n) is 13.7. The Morgan fingerprint density at radius 2 is 1.70 bits per heavy atom. The first kappa shape index (κ1) is 34.4. The Morgan fingerprint density at radius 3 is 2.43 bits per heavy atom. The highest BCUT2D eigenvalue weighted by Crippen LogP contribution is 2.37. The van der Waals surface area contributed by atoms with Crippen molar-refractivity contribution < 1.29 is 28.8 Å². The number of aliphatic hydroxyl groups is 1. The van der Waals surface area contributed by atoms with Crippen molar-refractivity contribution in [1.29, 1.82) is 0 Å². The SMILES string of the molecule is CC(C)(C)O.COC(=O)Cc1c(C)cc2nc3cn2c1N1CCC(C)(CC1)OCCOCCOc1cc(C)ccc1-c1cccc-3c1. The molecule has 0 radical (unpaired) electrons. The molecular formula is C38H49N3O6. The molecule has 3 aliphatic heterocycles. The predicted octanol–water partition coefficient (Wildman–Crippen LogP) is 6.56. The van der Waals surface area contributed by atoms with Crippen molar-refractivity contribution in [2.24, 2.45) is 0 Å². The Bertz CT molecular complexity index is 1690. The highest BCUT2D eigenvalue weighted by molar-refractivity contribution is 5.79. The highest BCUT2D eigenvalue weighted by Gasteiger charge is 2.33. The normalized spacial score (nSPS) is 16.6. The number of rotatable bonds is 2. The largest absolute Gasteiger partial charge is 0.491 e. The first-order chi connectivity index (χ1) is 22.3. The number of benzene rings is 2. The van der Waals surface area contributed by atoms with Crippen LogP contribution in [0.5, 0.6) is 5.75 Å². The lowest BCUT2D eigenvalue weighted by molar-refractivity contribution is -0.139. The zero-order valence-corrected chi connectivity index (χ0v) is 28.9. The van der Waals surface area contributed by atoms with Gasteiger partial charge in [0, 0.05) is 36.0 Å². The Balaban J connectivity index is 0.000000807. The number of imidazole rings is 1. The Kier molecular flexibility index (Phi) is 10.6. The molecule has 0 saturated carbocycles. The van der Waals surface area contributed by atoms with E-state index in [-0.39, 0.29) is 18.0 Å². The van der Waals surface area contributed by atoms with Crippen LogP contribution in [0.15, 0.2) is 54.7 Å². The van der Waals surface area contributed by atoms with Crippen LogP contribution < -0.4 is 9.64 Å². The van der Waals surface area contributed by atoms with Gasteiger partial charge in [-0.3, -0.25) is 9.20 Å². The number of pyridine rings is 1. The summed E-state index contributed by atoms with van der Waals surface area (Å²) >= 11 is 0. The zero-order chi connectivity index (χ0) is 33.8. The van der Waals surface area contributed by atoms with Gasteiger partial charge in [-0.1, -0.05) is 30.3 Å². The summed E-state index contributed by atoms with van der Waals surface area (Å²) < 4.78 is 25.7. The van der Waals surface area contributed by atoms with E-state index in [2.05, 4.69) is 77.9 Å². The fourth-order valence-corrected chi connectivity index (χ4v) is 6.01. The third kappa shape index (κ3) is 8.71. The molecule has 1 N–H and O–H groups in total. The van der Waals surface area contributed by atoms with Crippen molar-refractivity contribution in [1.82, 2.24) is 9.38 Å². The van der Waals surface area contributed by atoms with Gasteiger partial charge < -0.3 is 29.0 Å². The standard InChI is InChI=1S/C34H39N3O5.C4H10O/c1-23-8-9-27-25-6-5-7-26(20-25)29-22-37-31(35-29)19-24(2)28(21-32(38)39-4)33(37)36-12-10-34(3,11-13-36)42-17-15-40-14-16-41-30(27)18-23;1-4(2,3)5/h5-9,18-20,22H,10-17,21H2,1-4H3;5H,1-3H3. The van der Waals surface area contributed by atoms with Crippen LogP contribution in [0.25, 0.3) is 28.0 Å². The van der Waals surface area contributed by atoms with Crippen LogP contribution in [0, 0.1) is 13.8 Å². The van der Waals surface area contributed by atoms with Crippen LogP contribution in [-0.2, 0) is 25.4 Å². The molecule has 0 unspecified atom stereocenters. The molecule has 1 fully saturated rings. The zero-order valence-electron chi connectivity index (χ0n) is 28.9. The van der Waals surface area contributed by atoms with Gasteiger partial charge in [-0.15, -0.1) is 0 Å². The molecule has 2 aromatic carbocycles. The molecule has 2 aromatic heterocycles. The van der Waals surface area contributed by atoms with Crippen molar-refractivity contribution in [3.63, 3.8) is 0 Å². The van der Waals surface area contributed by atoms with E-state index in [1.807, 2.05) is 6.92 Å². The van der Waals surface area contributed by atoms with Crippen molar-refractivity contribution in [2.75, 3.05) is 51.5 Å². The van der Waals surface area contributed by atoms with Crippen LogP contribution in [0.4, 0.5) is 5.82 Å². The molecule has 5 heterocycles. The number of piperidine rings is 1. The monoisotopic (exact) mass is 643 g/mol. The van der Waals surface area contributed by atoms with E-state index in [1.54, 1.807) is 20.8 Å². The molecule has 9 heteroatoms. The Morgan fingerprint density at radius 1 is 1.00 bits per heavy atom. The van der Waals surface area contributed by atoms with Gasteiger partial charge in [0.15, 0.2) is 0 Å². The molecule has 9 nitrogen and oxygen atoms in total. The van der Waals surface area contributed by atoms with E-state index in [9.17, 15) is 4.79 Å². The van der Waals surface area contributed by atoms with Gasteiger partial charge >= 0.3 is 5.97 Å². The number of aromatic nitrogens is 2. The number of nitrogens with zero attached hydrogens (tertiary/aromatic N) is 3. The summed E-state index contributed by atoms with van der Waals surface area (Å²) in [6, 6.07) is 16.8. The second-order valence-corrected chi connectivity index (χ2v) is 13.7. The number of esters is 1. The summed E-state index contributed by atoms with van der Waals surface area (Å²) in [4.78, 5) is 20.0. The summed E-state index contributed by atoms with van der Waals surface area (Å²) in [5.74, 6) is 1.58. The van der Waals surface area contributed by atoms with E-state index < -0.39 is 5.60 Å². The number of aryl methyl sites for hydroxylation is 2. The molecule has 1 saturated heterocycles. The number of hydrogen-bond acceptors (Lipinski definition) is 8. The van der Waals surface area contributed by atoms with Gasteiger partial charge in [0.1, 0.15) is 23.8 Å². The Hall–Kier alpha value is -3.92. The molecule has 0 spiro atoms. The van der Waals surface area contributed by atoms with Gasteiger partial charge in [-0.2, -0.15) is 0 Å². The van der Waals surface area contributed by atoms with Crippen molar-refractivity contribution >= 4 is 17.4 Å². The maximum atomic E-state index is 12.5. The third-order valence-electron chi connectivity index (χ3n) is 8.49. The van der Waals surface area contributed by atoms with Crippen molar-refractivity contribution in [3.05, 3.63) is 71.4 Å². The minimum absolute atomic E-state index is 0.203. The van der Waals surface area contributed by atoms with E-state index in [0.29, 0.717) is 26.4 Å².